The number of hydrogen-bond donors (Lipinski definition) is 2. The van der Waals surface area contributed by atoms with Crippen LogP contribution in [0.3, 0.4) is 0 Å². The number of carbonyl (C=O) groups is 3. The van der Waals surface area contributed by atoms with E-state index in [2.05, 4.69) is 45.2 Å². The molecule has 0 heterocycles. The van der Waals surface area contributed by atoms with Crippen molar-refractivity contribution in [2.75, 3.05) is 6.54 Å². The molecule has 0 spiro atoms. The first-order valence-electron chi connectivity index (χ1n) is 16.5. The van der Waals surface area contributed by atoms with Crippen molar-refractivity contribution in [2.24, 2.45) is 11.8 Å². The summed E-state index contributed by atoms with van der Waals surface area (Å²) in [5, 5.41) is 11.2. The molecule has 0 aromatic heterocycles. The van der Waals surface area contributed by atoms with E-state index >= 15 is 0 Å². The largest absolute Gasteiger partial charge is 0.480 e. The van der Waals surface area contributed by atoms with Crippen LogP contribution in [0.25, 0.3) is 0 Å². The number of carbonyl (C=O) groups excluding carboxylic acids is 2. The Labute approximate surface area is 246 Å². The Hall–Kier alpha value is -1.85. The molecule has 0 rings (SSSR count). The molecule has 0 aliphatic rings. The van der Waals surface area contributed by atoms with Crippen molar-refractivity contribution in [3.8, 4) is 0 Å². The predicted molar refractivity (Wildman–Crippen MR) is 166 cm³/mol. The number of carboxylic acids is 1. The molecule has 0 aromatic rings. The zero-order valence-corrected chi connectivity index (χ0v) is 26.5. The maximum atomic E-state index is 12.4. The van der Waals surface area contributed by atoms with Gasteiger partial charge in [-0.15, -0.1) is 0 Å². The fourth-order valence-corrected chi connectivity index (χ4v) is 4.84. The number of amides is 1. The Morgan fingerprint density at radius 2 is 1.10 bits per heavy atom. The molecule has 234 valence electrons. The van der Waals surface area contributed by atoms with E-state index < -0.39 is 18.6 Å². The predicted octanol–water partition coefficient (Wildman–Crippen LogP) is 9.16. The molecule has 6 heteroatoms. The highest BCUT2D eigenvalue weighted by Gasteiger charge is 2.18. The minimum absolute atomic E-state index is 0.0163. The Kier molecular flexibility index (Phi) is 26.1. The van der Waals surface area contributed by atoms with Crippen LogP contribution in [0.5, 0.6) is 0 Å². The minimum Gasteiger partial charge on any atom is -0.480 e. The van der Waals surface area contributed by atoms with Crippen LogP contribution in [-0.4, -0.2) is 35.6 Å². The second-order valence-electron chi connectivity index (χ2n) is 12.4. The summed E-state index contributed by atoms with van der Waals surface area (Å²) in [6.45, 7) is 8.70. The third-order valence-electron chi connectivity index (χ3n) is 7.29. The van der Waals surface area contributed by atoms with Crippen molar-refractivity contribution in [1.82, 2.24) is 5.32 Å². The van der Waals surface area contributed by atoms with Crippen LogP contribution in [-0.2, 0) is 19.1 Å². The van der Waals surface area contributed by atoms with E-state index in [4.69, 9.17) is 9.84 Å². The molecule has 0 bridgehead atoms. The van der Waals surface area contributed by atoms with Crippen LogP contribution in [0.2, 0.25) is 0 Å². The highest BCUT2D eigenvalue weighted by molar-refractivity contribution is 5.81. The van der Waals surface area contributed by atoms with Crippen LogP contribution in [0, 0.1) is 11.8 Å². The maximum absolute atomic E-state index is 12.4. The summed E-state index contributed by atoms with van der Waals surface area (Å²) in [5.41, 5.74) is 0. The zero-order chi connectivity index (χ0) is 29.8. The normalized spacial score (nSPS) is 12.3. The number of unbranched alkanes of at least 4 members (excludes halogenated alkanes) is 13. The first kappa shape index (κ1) is 38.1. The van der Waals surface area contributed by atoms with Gasteiger partial charge in [-0.3, -0.25) is 14.4 Å². The first-order chi connectivity index (χ1) is 19.2. The SMILES string of the molecule is CC(C)CCCCCCC/C=C\CCC(=O)O[C@H](CCCCCCCCCCCC(C)C)CC(=O)NCC(=O)O. The Morgan fingerprint density at radius 1 is 0.650 bits per heavy atom. The van der Waals surface area contributed by atoms with Gasteiger partial charge >= 0.3 is 11.9 Å². The van der Waals surface area contributed by atoms with E-state index in [0.29, 0.717) is 19.3 Å². The monoisotopic (exact) mass is 565 g/mol. The summed E-state index contributed by atoms with van der Waals surface area (Å²) in [6, 6.07) is 0. The fourth-order valence-electron chi connectivity index (χ4n) is 4.84. The van der Waals surface area contributed by atoms with Gasteiger partial charge < -0.3 is 15.2 Å². The highest BCUT2D eigenvalue weighted by atomic mass is 16.5. The fraction of sp³-hybridized carbons (Fsp3) is 0.853. The van der Waals surface area contributed by atoms with Crippen molar-refractivity contribution in [3.05, 3.63) is 12.2 Å². The summed E-state index contributed by atoms with van der Waals surface area (Å²) in [4.78, 5) is 35.3. The molecule has 40 heavy (non-hydrogen) atoms. The molecule has 0 aromatic carbocycles. The van der Waals surface area contributed by atoms with Gasteiger partial charge in [0.25, 0.3) is 0 Å². The lowest BCUT2D eigenvalue weighted by Gasteiger charge is -2.17. The van der Waals surface area contributed by atoms with Crippen molar-refractivity contribution >= 4 is 17.8 Å². The van der Waals surface area contributed by atoms with Crippen molar-refractivity contribution in [2.45, 2.75) is 169 Å². The average Bonchev–Trinajstić information content (AvgIpc) is 2.88. The van der Waals surface area contributed by atoms with Gasteiger partial charge in [-0.25, -0.2) is 0 Å². The molecule has 2 N–H and O–H groups in total. The quantitative estimate of drug-likeness (QED) is 0.0560. The third kappa shape index (κ3) is 29.1. The van der Waals surface area contributed by atoms with E-state index in [1.165, 1.54) is 83.5 Å². The van der Waals surface area contributed by atoms with Gasteiger partial charge in [0.1, 0.15) is 12.6 Å². The van der Waals surface area contributed by atoms with Gasteiger partial charge in [-0.05, 0) is 43.9 Å². The van der Waals surface area contributed by atoms with E-state index in [-0.39, 0.29) is 18.3 Å². The molecule has 6 nitrogen and oxygen atoms in total. The molecule has 0 unspecified atom stereocenters. The molecule has 0 saturated heterocycles. The second-order valence-corrected chi connectivity index (χ2v) is 12.4. The van der Waals surface area contributed by atoms with Crippen LogP contribution in [0.15, 0.2) is 12.2 Å². The number of esters is 1. The van der Waals surface area contributed by atoms with Gasteiger partial charge in [0.15, 0.2) is 0 Å². The lowest BCUT2D eigenvalue weighted by atomic mass is 10.0. The molecule has 1 atom stereocenters. The summed E-state index contributed by atoms with van der Waals surface area (Å²) >= 11 is 0. The number of hydrogen-bond acceptors (Lipinski definition) is 4. The highest BCUT2D eigenvalue weighted by Crippen LogP contribution is 2.16. The summed E-state index contributed by atoms with van der Waals surface area (Å²) in [7, 11) is 0. The molecule has 0 saturated carbocycles. The van der Waals surface area contributed by atoms with E-state index in [1.54, 1.807) is 0 Å². The zero-order valence-electron chi connectivity index (χ0n) is 26.5. The lowest BCUT2D eigenvalue weighted by molar-refractivity contribution is -0.151. The van der Waals surface area contributed by atoms with Gasteiger partial charge in [-0.1, -0.05) is 130 Å². The Balaban J connectivity index is 4.15. The average molecular weight is 566 g/mol. The summed E-state index contributed by atoms with van der Waals surface area (Å²) in [6.07, 6.45) is 26.3. The number of carboxylic acid groups (broad SMARTS) is 1. The first-order valence-corrected chi connectivity index (χ1v) is 16.5. The van der Waals surface area contributed by atoms with Crippen molar-refractivity contribution in [1.29, 1.82) is 0 Å². The van der Waals surface area contributed by atoms with Crippen LogP contribution in [0.4, 0.5) is 0 Å². The topological polar surface area (TPSA) is 92.7 Å². The van der Waals surface area contributed by atoms with E-state index in [9.17, 15) is 14.4 Å². The molecule has 0 radical (unpaired) electrons. The summed E-state index contributed by atoms with van der Waals surface area (Å²) < 4.78 is 5.65. The smallest absolute Gasteiger partial charge is 0.322 e. The van der Waals surface area contributed by atoms with Gasteiger partial charge in [-0.2, -0.15) is 0 Å². The molecular weight excluding hydrogens is 502 g/mol. The van der Waals surface area contributed by atoms with Crippen molar-refractivity contribution < 1.29 is 24.2 Å². The van der Waals surface area contributed by atoms with Gasteiger partial charge in [0.2, 0.25) is 5.91 Å². The standard InChI is InChI=1S/C34H63NO5/c1-29(2)23-19-15-11-7-5-9-13-17-21-25-31(27-32(36)35-28-33(37)38)40-34(39)26-22-18-14-10-6-8-12-16-20-24-30(3)4/h14,18,29-31H,5-13,15-17,19-28H2,1-4H3,(H,35,36)(H,37,38)/b18-14-/t31-/m1/s1. The number of aliphatic carboxylic acids is 1. The van der Waals surface area contributed by atoms with Gasteiger partial charge in [0.05, 0.1) is 6.42 Å². The molecule has 0 aliphatic carbocycles. The minimum atomic E-state index is -1.08. The van der Waals surface area contributed by atoms with Gasteiger partial charge in [0, 0.05) is 6.42 Å². The van der Waals surface area contributed by atoms with Crippen molar-refractivity contribution in [3.63, 3.8) is 0 Å². The molecule has 1 amide bonds. The number of nitrogens with one attached hydrogen (secondary N) is 1. The lowest BCUT2D eigenvalue weighted by Crippen LogP contribution is -2.33. The second kappa shape index (κ2) is 27.3. The number of ether oxygens (including phenoxy) is 1. The molecule has 0 fully saturated rings. The summed E-state index contributed by atoms with van der Waals surface area (Å²) in [5.74, 6) is -0.158. The van der Waals surface area contributed by atoms with E-state index in [0.717, 1.165) is 37.5 Å². The van der Waals surface area contributed by atoms with Crippen LogP contribution >= 0.6 is 0 Å². The Bertz CT molecular complexity index is 659. The number of allylic oxidation sites excluding steroid dienone is 2. The Morgan fingerprint density at radius 3 is 1.60 bits per heavy atom. The van der Waals surface area contributed by atoms with E-state index in [1.807, 2.05) is 0 Å². The molecular formula is C34H63NO5. The number of rotatable bonds is 28. The third-order valence-corrected chi connectivity index (χ3v) is 7.29. The maximum Gasteiger partial charge on any atom is 0.322 e. The van der Waals surface area contributed by atoms with Crippen LogP contribution in [0.1, 0.15) is 163 Å². The van der Waals surface area contributed by atoms with Crippen LogP contribution < -0.4 is 5.32 Å². The molecule has 0 aliphatic heterocycles.